The van der Waals surface area contributed by atoms with E-state index in [1.165, 1.54) is 0 Å². The van der Waals surface area contributed by atoms with Gasteiger partial charge in [0.15, 0.2) is 0 Å². The van der Waals surface area contributed by atoms with Crippen LogP contribution in [0.2, 0.25) is 0 Å². The highest BCUT2D eigenvalue weighted by Crippen LogP contribution is 2.22. The largest absolute Gasteiger partial charge is 0.256 e. The van der Waals surface area contributed by atoms with Crippen molar-refractivity contribution in [2.45, 2.75) is 0 Å². The van der Waals surface area contributed by atoms with E-state index in [4.69, 9.17) is 0 Å². The van der Waals surface area contributed by atoms with Gasteiger partial charge in [0.05, 0.1) is 11.2 Å². The lowest BCUT2D eigenvalue weighted by Crippen LogP contribution is -1.86. The van der Waals surface area contributed by atoms with E-state index >= 15 is 0 Å². The normalized spacial score (nSPS) is 10.6. The summed E-state index contributed by atoms with van der Waals surface area (Å²) in [6.07, 6.45) is 3.34. The molecule has 0 spiro atoms. The van der Waals surface area contributed by atoms with E-state index in [1.54, 1.807) is 12.5 Å². The highest BCUT2D eigenvalue weighted by atomic mass is 79.9. The van der Waals surface area contributed by atoms with Crippen molar-refractivity contribution in [2.75, 3.05) is 0 Å². The summed E-state index contributed by atoms with van der Waals surface area (Å²) in [5.41, 5.74) is 2.90. The third-order valence-electron chi connectivity index (χ3n) is 2.54. The molecule has 3 aromatic rings. The fourth-order valence-electron chi connectivity index (χ4n) is 1.72. The maximum absolute atomic E-state index is 4.33. The topological polar surface area (TPSA) is 38.7 Å². The molecule has 0 fully saturated rings. The Morgan fingerprint density at radius 3 is 2.76 bits per heavy atom. The Bertz CT molecular complexity index is 682. The van der Waals surface area contributed by atoms with Gasteiger partial charge in [-0.25, -0.2) is 9.97 Å². The van der Waals surface area contributed by atoms with Crippen LogP contribution in [0.1, 0.15) is 0 Å². The zero-order valence-electron chi connectivity index (χ0n) is 8.84. The summed E-state index contributed by atoms with van der Waals surface area (Å²) in [6.45, 7) is 0. The molecule has 2 heterocycles. The summed E-state index contributed by atoms with van der Waals surface area (Å²) in [5.74, 6) is 0. The molecule has 0 aliphatic carbocycles. The minimum Gasteiger partial charge on any atom is -0.256 e. The first-order valence-corrected chi connectivity index (χ1v) is 5.95. The van der Waals surface area contributed by atoms with Gasteiger partial charge >= 0.3 is 0 Å². The van der Waals surface area contributed by atoms with Gasteiger partial charge in [-0.15, -0.1) is 0 Å². The first-order chi connectivity index (χ1) is 8.33. The minimum atomic E-state index is 0.781. The second-order valence-electron chi connectivity index (χ2n) is 3.64. The highest BCUT2D eigenvalue weighted by molar-refractivity contribution is 9.10. The van der Waals surface area contributed by atoms with Crippen LogP contribution < -0.4 is 0 Å². The van der Waals surface area contributed by atoms with Crippen molar-refractivity contribution in [1.29, 1.82) is 0 Å². The fraction of sp³-hybridized carbons (Fsp3) is 0. The number of benzene rings is 1. The van der Waals surface area contributed by atoms with E-state index in [-0.39, 0.29) is 0 Å². The van der Waals surface area contributed by atoms with E-state index in [9.17, 15) is 0 Å². The van der Waals surface area contributed by atoms with Crippen LogP contribution in [-0.2, 0) is 0 Å². The Hall–Kier alpha value is -1.81. The van der Waals surface area contributed by atoms with Crippen LogP contribution in [0.4, 0.5) is 0 Å². The Kier molecular flexibility index (Phi) is 2.57. The molecular formula is C13H8BrN3. The summed E-state index contributed by atoms with van der Waals surface area (Å²) in [7, 11) is 0. The van der Waals surface area contributed by atoms with E-state index in [1.807, 2.05) is 36.4 Å². The summed E-state index contributed by atoms with van der Waals surface area (Å²) in [6, 6.07) is 12.0. The second-order valence-corrected chi connectivity index (χ2v) is 4.45. The molecule has 2 aromatic heterocycles. The van der Waals surface area contributed by atoms with E-state index in [2.05, 4.69) is 30.9 Å². The molecule has 0 atom stereocenters. The molecule has 0 saturated heterocycles. The SMILES string of the molecule is Brc1cc(-c2ccc3cccnc3c2)ncn1. The van der Waals surface area contributed by atoms with Gasteiger partial charge in [-0.1, -0.05) is 18.2 Å². The van der Waals surface area contributed by atoms with Gasteiger partial charge in [-0.2, -0.15) is 0 Å². The number of aromatic nitrogens is 3. The van der Waals surface area contributed by atoms with Gasteiger partial charge < -0.3 is 0 Å². The van der Waals surface area contributed by atoms with Gasteiger partial charge in [-0.3, -0.25) is 4.98 Å². The molecular weight excluding hydrogens is 278 g/mol. The Morgan fingerprint density at radius 2 is 1.88 bits per heavy atom. The average molecular weight is 286 g/mol. The molecule has 0 aliphatic heterocycles. The van der Waals surface area contributed by atoms with E-state index < -0.39 is 0 Å². The quantitative estimate of drug-likeness (QED) is 0.643. The third-order valence-corrected chi connectivity index (χ3v) is 2.97. The smallest absolute Gasteiger partial charge is 0.117 e. The summed E-state index contributed by atoms with van der Waals surface area (Å²) < 4.78 is 0.781. The number of hydrogen-bond acceptors (Lipinski definition) is 3. The molecule has 0 radical (unpaired) electrons. The molecule has 0 N–H and O–H groups in total. The van der Waals surface area contributed by atoms with Crippen molar-refractivity contribution in [3.05, 3.63) is 53.5 Å². The summed E-state index contributed by atoms with van der Waals surface area (Å²) in [5, 5.41) is 1.13. The van der Waals surface area contributed by atoms with Crippen LogP contribution in [0, 0.1) is 0 Å². The standard InChI is InChI=1S/C13H8BrN3/c14-13-7-12(16-8-17-13)10-4-3-9-2-1-5-15-11(9)6-10/h1-8H. The molecule has 3 rings (SSSR count). The van der Waals surface area contributed by atoms with Gasteiger partial charge in [0, 0.05) is 17.1 Å². The van der Waals surface area contributed by atoms with Crippen molar-refractivity contribution in [2.24, 2.45) is 0 Å². The molecule has 0 saturated carbocycles. The van der Waals surface area contributed by atoms with Crippen LogP contribution >= 0.6 is 15.9 Å². The number of pyridine rings is 1. The van der Waals surface area contributed by atoms with Crippen molar-refractivity contribution in [1.82, 2.24) is 15.0 Å². The molecule has 3 nitrogen and oxygen atoms in total. The van der Waals surface area contributed by atoms with Crippen LogP contribution in [0.25, 0.3) is 22.2 Å². The number of rotatable bonds is 1. The van der Waals surface area contributed by atoms with Crippen molar-refractivity contribution in [3.8, 4) is 11.3 Å². The Labute approximate surface area is 107 Å². The maximum Gasteiger partial charge on any atom is 0.117 e. The van der Waals surface area contributed by atoms with E-state index in [0.29, 0.717) is 0 Å². The lowest BCUT2D eigenvalue weighted by Gasteiger charge is -2.02. The maximum atomic E-state index is 4.33. The zero-order chi connectivity index (χ0) is 11.7. The van der Waals surface area contributed by atoms with Crippen LogP contribution in [0.3, 0.4) is 0 Å². The molecule has 0 bridgehead atoms. The lowest BCUT2D eigenvalue weighted by atomic mass is 10.1. The van der Waals surface area contributed by atoms with Gasteiger partial charge in [0.25, 0.3) is 0 Å². The van der Waals surface area contributed by atoms with Crippen molar-refractivity contribution in [3.63, 3.8) is 0 Å². The molecule has 0 amide bonds. The molecule has 82 valence electrons. The van der Waals surface area contributed by atoms with Gasteiger partial charge in [-0.05, 0) is 34.1 Å². The number of nitrogens with zero attached hydrogens (tertiary/aromatic N) is 3. The highest BCUT2D eigenvalue weighted by Gasteiger charge is 2.02. The number of hydrogen-bond donors (Lipinski definition) is 0. The monoisotopic (exact) mass is 285 g/mol. The first kappa shape index (κ1) is 10.4. The predicted octanol–water partition coefficient (Wildman–Crippen LogP) is 3.45. The number of fused-ring (bicyclic) bond motifs is 1. The zero-order valence-corrected chi connectivity index (χ0v) is 10.4. The Morgan fingerprint density at radius 1 is 0.941 bits per heavy atom. The third kappa shape index (κ3) is 2.03. The predicted molar refractivity (Wildman–Crippen MR) is 70.5 cm³/mol. The minimum absolute atomic E-state index is 0.781. The second kappa shape index (κ2) is 4.22. The lowest BCUT2D eigenvalue weighted by molar-refractivity contribution is 1.14. The Balaban J connectivity index is 2.18. The van der Waals surface area contributed by atoms with Crippen LogP contribution in [-0.4, -0.2) is 15.0 Å². The van der Waals surface area contributed by atoms with Crippen LogP contribution in [0.15, 0.2) is 53.5 Å². The van der Waals surface area contributed by atoms with E-state index in [0.717, 1.165) is 26.8 Å². The fourth-order valence-corrected chi connectivity index (χ4v) is 2.03. The van der Waals surface area contributed by atoms with Gasteiger partial charge in [0.2, 0.25) is 0 Å². The van der Waals surface area contributed by atoms with Crippen LogP contribution in [0.5, 0.6) is 0 Å². The number of halogens is 1. The molecule has 4 heteroatoms. The molecule has 0 aliphatic rings. The molecule has 1 aromatic carbocycles. The van der Waals surface area contributed by atoms with Crippen molar-refractivity contribution >= 4 is 26.8 Å². The van der Waals surface area contributed by atoms with Gasteiger partial charge in [0.1, 0.15) is 10.9 Å². The first-order valence-electron chi connectivity index (χ1n) is 5.16. The summed E-state index contributed by atoms with van der Waals surface area (Å²) in [4.78, 5) is 12.6. The summed E-state index contributed by atoms with van der Waals surface area (Å²) >= 11 is 3.34. The molecule has 0 unspecified atom stereocenters. The molecule has 17 heavy (non-hydrogen) atoms. The average Bonchev–Trinajstić information content (AvgIpc) is 2.38. The van der Waals surface area contributed by atoms with Crippen molar-refractivity contribution < 1.29 is 0 Å².